The summed E-state index contributed by atoms with van der Waals surface area (Å²) in [6, 6.07) is 7.65. The van der Waals surface area contributed by atoms with Crippen molar-refractivity contribution < 1.29 is 8.42 Å². The van der Waals surface area contributed by atoms with E-state index in [9.17, 15) is 8.42 Å². The van der Waals surface area contributed by atoms with Gasteiger partial charge in [0.1, 0.15) is 0 Å². The average Bonchev–Trinajstić information content (AvgIpc) is 2.46. The highest BCUT2D eigenvalue weighted by molar-refractivity contribution is 9.10. The number of hydrogen-bond donors (Lipinski definition) is 2. The van der Waals surface area contributed by atoms with Crippen molar-refractivity contribution in [3.05, 3.63) is 34.3 Å². The minimum Gasteiger partial charge on any atom is -0.319 e. The fourth-order valence-electron chi connectivity index (χ4n) is 2.61. The first-order chi connectivity index (χ1) is 10.0. The Labute approximate surface area is 135 Å². The Bertz CT molecular complexity index is 563. The Morgan fingerprint density at radius 2 is 2.24 bits per heavy atom. The molecule has 1 saturated heterocycles. The van der Waals surface area contributed by atoms with Gasteiger partial charge in [0.25, 0.3) is 10.2 Å². The maximum Gasteiger partial charge on any atom is 0.279 e. The zero-order valence-corrected chi connectivity index (χ0v) is 14.6. The number of halogens is 1. The van der Waals surface area contributed by atoms with Gasteiger partial charge in [-0.05, 0) is 50.0 Å². The Morgan fingerprint density at radius 1 is 1.43 bits per heavy atom. The van der Waals surface area contributed by atoms with Crippen LogP contribution in [-0.2, 0) is 16.8 Å². The summed E-state index contributed by atoms with van der Waals surface area (Å²) >= 11 is 3.39. The molecule has 5 nitrogen and oxygen atoms in total. The van der Waals surface area contributed by atoms with E-state index in [-0.39, 0.29) is 0 Å². The molecule has 7 heteroatoms. The van der Waals surface area contributed by atoms with Gasteiger partial charge in [0.2, 0.25) is 0 Å². The third kappa shape index (κ3) is 5.03. The van der Waals surface area contributed by atoms with E-state index >= 15 is 0 Å². The number of benzene rings is 1. The summed E-state index contributed by atoms with van der Waals surface area (Å²) in [5.74, 6) is 0.395. The van der Waals surface area contributed by atoms with Crippen LogP contribution >= 0.6 is 15.9 Å². The van der Waals surface area contributed by atoms with Crippen LogP contribution in [0.2, 0.25) is 0 Å². The molecule has 1 unspecified atom stereocenters. The predicted molar refractivity (Wildman–Crippen MR) is 88.1 cm³/mol. The molecule has 0 aromatic heterocycles. The maximum atomic E-state index is 12.4. The molecule has 0 spiro atoms. The van der Waals surface area contributed by atoms with Gasteiger partial charge in [0.05, 0.1) is 0 Å². The van der Waals surface area contributed by atoms with Gasteiger partial charge in [-0.25, -0.2) is 0 Å². The smallest absolute Gasteiger partial charge is 0.279 e. The molecule has 2 N–H and O–H groups in total. The standard InChI is InChI=1S/C14H22BrN3O2S/c1-16-9-13-5-3-7-18(11-13)21(19,20)17-10-12-4-2-6-14(15)8-12/h2,4,6,8,13,16-17H,3,5,7,9-11H2,1H3. The van der Waals surface area contributed by atoms with Crippen molar-refractivity contribution in [2.24, 2.45) is 5.92 Å². The first-order valence-corrected chi connectivity index (χ1v) is 9.38. The quantitative estimate of drug-likeness (QED) is 0.795. The minimum atomic E-state index is -3.41. The van der Waals surface area contributed by atoms with Crippen LogP contribution in [0.5, 0.6) is 0 Å². The Balaban J connectivity index is 1.94. The minimum absolute atomic E-state index is 0.314. The summed E-state index contributed by atoms with van der Waals surface area (Å²) < 4.78 is 30.0. The molecule has 0 saturated carbocycles. The molecule has 21 heavy (non-hydrogen) atoms. The summed E-state index contributed by atoms with van der Waals surface area (Å²) in [4.78, 5) is 0. The van der Waals surface area contributed by atoms with Crippen LogP contribution in [-0.4, -0.2) is 39.4 Å². The molecule has 1 aliphatic rings. The second-order valence-corrected chi connectivity index (χ2v) is 8.05. The Kier molecular flexibility index (Phi) is 6.19. The van der Waals surface area contributed by atoms with E-state index in [1.807, 2.05) is 31.3 Å². The number of rotatable bonds is 6. The number of nitrogens with zero attached hydrogens (tertiary/aromatic N) is 1. The molecule has 2 rings (SSSR count). The van der Waals surface area contributed by atoms with Gasteiger partial charge < -0.3 is 5.32 Å². The highest BCUT2D eigenvalue weighted by Gasteiger charge is 2.28. The van der Waals surface area contributed by atoms with Gasteiger partial charge in [-0.1, -0.05) is 28.1 Å². The summed E-state index contributed by atoms with van der Waals surface area (Å²) in [5, 5.41) is 3.13. The van der Waals surface area contributed by atoms with E-state index in [1.54, 1.807) is 4.31 Å². The molecule has 1 fully saturated rings. The van der Waals surface area contributed by atoms with E-state index < -0.39 is 10.2 Å². The zero-order valence-electron chi connectivity index (χ0n) is 12.2. The molecule has 0 bridgehead atoms. The molecule has 1 aliphatic heterocycles. The molecule has 118 valence electrons. The Morgan fingerprint density at radius 3 is 2.95 bits per heavy atom. The van der Waals surface area contributed by atoms with Crippen molar-refractivity contribution in [1.29, 1.82) is 0 Å². The number of piperidine rings is 1. The van der Waals surface area contributed by atoms with E-state index in [0.29, 0.717) is 25.6 Å². The first kappa shape index (κ1) is 16.9. The lowest BCUT2D eigenvalue weighted by Crippen LogP contribution is -2.47. The fraction of sp³-hybridized carbons (Fsp3) is 0.571. The van der Waals surface area contributed by atoms with Crippen LogP contribution in [0, 0.1) is 5.92 Å². The van der Waals surface area contributed by atoms with Gasteiger partial charge in [0, 0.05) is 24.1 Å². The van der Waals surface area contributed by atoms with Gasteiger partial charge >= 0.3 is 0 Å². The van der Waals surface area contributed by atoms with Gasteiger partial charge in [-0.15, -0.1) is 0 Å². The molecule has 1 aromatic carbocycles. The van der Waals surface area contributed by atoms with Crippen molar-refractivity contribution in [2.45, 2.75) is 19.4 Å². The summed E-state index contributed by atoms with van der Waals surface area (Å²) in [6.45, 7) is 2.37. The van der Waals surface area contributed by atoms with Crippen LogP contribution in [0.25, 0.3) is 0 Å². The van der Waals surface area contributed by atoms with E-state index in [0.717, 1.165) is 29.4 Å². The van der Waals surface area contributed by atoms with Gasteiger partial charge in [0.15, 0.2) is 0 Å². The monoisotopic (exact) mass is 375 g/mol. The highest BCUT2D eigenvalue weighted by atomic mass is 79.9. The zero-order chi connectivity index (χ0) is 15.3. The first-order valence-electron chi connectivity index (χ1n) is 7.15. The molecule has 1 aromatic rings. The lowest BCUT2D eigenvalue weighted by molar-refractivity contribution is 0.261. The SMILES string of the molecule is CNCC1CCCN(S(=O)(=O)NCc2cccc(Br)c2)C1. The van der Waals surface area contributed by atoms with Crippen molar-refractivity contribution >= 4 is 26.1 Å². The van der Waals surface area contributed by atoms with Crippen molar-refractivity contribution in [3.63, 3.8) is 0 Å². The fourth-order valence-corrected chi connectivity index (χ4v) is 4.37. The second kappa shape index (κ2) is 7.69. The summed E-state index contributed by atoms with van der Waals surface area (Å²) in [5.41, 5.74) is 0.941. The van der Waals surface area contributed by atoms with Crippen LogP contribution in [0.4, 0.5) is 0 Å². The maximum absolute atomic E-state index is 12.4. The molecule has 0 aliphatic carbocycles. The van der Waals surface area contributed by atoms with Crippen molar-refractivity contribution in [1.82, 2.24) is 14.3 Å². The Hall–Kier alpha value is -0.470. The molecule has 1 atom stereocenters. The molecular formula is C14H22BrN3O2S. The summed E-state index contributed by atoms with van der Waals surface area (Å²) in [6.07, 6.45) is 2.00. The molecule has 0 radical (unpaired) electrons. The topological polar surface area (TPSA) is 61.4 Å². The van der Waals surface area contributed by atoms with Crippen molar-refractivity contribution in [2.75, 3.05) is 26.7 Å². The summed E-state index contributed by atoms with van der Waals surface area (Å²) in [7, 11) is -1.50. The second-order valence-electron chi connectivity index (χ2n) is 5.38. The molecule has 1 heterocycles. The van der Waals surface area contributed by atoms with Crippen LogP contribution in [0.15, 0.2) is 28.7 Å². The lowest BCUT2D eigenvalue weighted by Gasteiger charge is -2.31. The van der Waals surface area contributed by atoms with E-state index in [4.69, 9.17) is 0 Å². The van der Waals surface area contributed by atoms with Crippen LogP contribution in [0.3, 0.4) is 0 Å². The van der Waals surface area contributed by atoms with Crippen LogP contribution < -0.4 is 10.0 Å². The largest absolute Gasteiger partial charge is 0.319 e. The van der Waals surface area contributed by atoms with Crippen LogP contribution in [0.1, 0.15) is 18.4 Å². The average molecular weight is 376 g/mol. The predicted octanol–water partition coefficient (Wildman–Crippen LogP) is 1.71. The number of hydrogen-bond acceptors (Lipinski definition) is 3. The lowest BCUT2D eigenvalue weighted by atomic mass is 10.00. The third-order valence-electron chi connectivity index (χ3n) is 3.66. The number of nitrogens with one attached hydrogen (secondary N) is 2. The third-order valence-corrected chi connectivity index (χ3v) is 5.68. The van der Waals surface area contributed by atoms with Gasteiger partial charge in [-0.3, -0.25) is 0 Å². The molecule has 0 amide bonds. The van der Waals surface area contributed by atoms with E-state index in [2.05, 4.69) is 26.0 Å². The van der Waals surface area contributed by atoms with E-state index in [1.165, 1.54) is 0 Å². The normalized spacial score (nSPS) is 20.6. The molecular weight excluding hydrogens is 354 g/mol. The van der Waals surface area contributed by atoms with Crippen molar-refractivity contribution in [3.8, 4) is 0 Å². The highest BCUT2D eigenvalue weighted by Crippen LogP contribution is 2.18. The van der Waals surface area contributed by atoms with Gasteiger partial charge in [-0.2, -0.15) is 17.4 Å².